The topological polar surface area (TPSA) is 52.6 Å². The number of benzene rings is 3. The molecule has 0 aliphatic carbocycles. The van der Waals surface area contributed by atoms with Gasteiger partial charge in [0.1, 0.15) is 11.0 Å². The van der Waals surface area contributed by atoms with Gasteiger partial charge in [0.25, 0.3) is 5.91 Å². The Labute approximate surface area is 276 Å². The van der Waals surface area contributed by atoms with Crippen molar-refractivity contribution >= 4 is 41.2 Å². The summed E-state index contributed by atoms with van der Waals surface area (Å²) < 4.78 is 0. The van der Waals surface area contributed by atoms with Gasteiger partial charge in [-0.3, -0.25) is 9.69 Å². The predicted molar refractivity (Wildman–Crippen MR) is 186 cm³/mol. The number of piperazine rings is 1. The maximum Gasteiger partial charge on any atom is 0.253 e. The molecule has 0 N–H and O–H groups in total. The van der Waals surface area contributed by atoms with Crippen LogP contribution in [-0.4, -0.2) is 71.5 Å². The van der Waals surface area contributed by atoms with Crippen molar-refractivity contribution in [3.05, 3.63) is 124 Å². The molecule has 0 unspecified atom stereocenters. The summed E-state index contributed by atoms with van der Waals surface area (Å²) in [4.78, 5) is 29.2. The van der Waals surface area contributed by atoms with E-state index >= 15 is 0 Å². The van der Waals surface area contributed by atoms with E-state index in [2.05, 4.69) is 81.5 Å². The number of thioether (sulfide) groups is 1. The Kier molecular flexibility index (Phi) is 10.8. The van der Waals surface area contributed by atoms with E-state index in [4.69, 9.17) is 16.6 Å². The van der Waals surface area contributed by atoms with Gasteiger partial charge in [-0.25, -0.2) is 9.97 Å². The van der Waals surface area contributed by atoms with Gasteiger partial charge < -0.3 is 9.80 Å². The van der Waals surface area contributed by atoms with Crippen LogP contribution in [0.1, 0.15) is 39.9 Å². The average molecular weight is 638 g/mol. The molecule has 1 amide bonds. The van der Waals surface area contributed by atoms with Crippen LogP contribution < -0.4 is 4.90 Å². The lowest BCUT2D eigenvalue weighted by atomic mass is 9.90. The third kappa shape index (κ3) is 8.97. The van der Waals surface area contributed by atoms with Crippen LogP contribution in [-0.2, 0) is 12.2 Å². The van der Waals surface area contributed by atoms with E-state index in [1.54, 1.807) is 11.8 Å². The highest BCUT2D eigenvalue weighted by molar-refractivity contribution is 7.98. The van der Waals surface area contributed by atoms with E-state index in [9.17, 15) is 4.79 Å². The molecule has 2 fully saturated rings. The maximum absolute atomic E-state index is 13.2. The van der Waals surface area contributed by atoms with Crippen molar-refractivity contribution in [3.63, 3.8) is 0 Å². The summed E-state index contributed by atoms with van der Waals surface area (Å²) >= 11 is 8.01. The average Bonchev–Trinajstić information content (AvgIpc) is 3.09. The number of nitrogens with zero attached hydrogens (tertiary/aromatic N) is 5. The zero-order valence-electron chi connectivity index (χ0n) is 25.6. The van der Waals surface area contributed by atoms with Crippen molar-refractivity contribution in [2.45, 2.75) is 30.2 Å². The number of halogens is 1. The molecule has 1 aromatic heterocycles. The monoisotopic (exact) mass is 637 g/mol. The SMILES string of the molecule is O=C(c1ccc(CSc2nc(Cl)cc(N3CCC(Cc4ccccc4)CC3)n2)cc1)N1CCN(C/C=C/c2ccccc2)CC1. The molecule has 4 aromatic rings. The number of amides is 1. The van der Waals surface area contributed by atoms with Gasteiger partial charge >= 0.3 is 0 Å². The Morgan fingerprint density at radius 1 is 0.822 bits per heavy atom. The molecule has 8 heteroatoms. The Hall–Kier alpha value is -3.65. The molecule has 0 atom stereocenters. The first-order valence-corrected chi connectivity index (χ1v) is 17.2. The van der Waals surface area contributed by atoms with Crippen molar-refractivity contribution in [3.8, 4) is 0 Å². The van der Waals surface area contributed by atoms with Crippen molar-refractivity contribution in [1.29, 1.82) is 0 Å². The number of piperidine rings is 1. The first-order valence-electron chi connectivity index (χ1n) is 15.9. The number of hydrogen-bond donors (Lipinski definition) is 0. The van der Waals surface area contributed by atoms with Crippen LogP contribution in [0.15, 0.2) is 102 Å². The molecule has 3 heterocycles. The maximum atomic E-state index is 13.2. The van der Waals surface area contributed by atoms with Crippen LogP contribution in [0.4, 0.5) is 5.82 Å². The number of aromatic nitrogens is 2. The minimum Gasteiger partial charge on any atom is -0.356 e. The molecule has 2 aliphatic rings. The van der Waals surface area contributed by atoms with Crippen LogP contribution in [0.5, 0.6) is 0 Å². The first kappa shape index (κ1) is 31.3. The van der Waals surface area contributed by atoms with Gasteiger partial charge in [0, 0.05) is 63.2 Å². The summed E-state index contributed by atoms with van der Waals surface area (Å²) in [6.07, 6.45) is 7.78. The molecule has 2 saturated heterocycles. The molecule has 2 aliphatic heterocycles. The highest BCUT2D eigenvalue weighted by Crippen LogP contribution is 2.29. The van der Waals surface area contributed by atoms with Crippen molar-refractivity contribution in [2.24, 2.45) is 5.92 Å². The van der Waals surface area contributed by atoms with E-state index in [-0.39, 0.29) is 5.91 Å². The highest BCUT2D eigenvalue weighted by Gasteiger charge is 2.23. The number of carbonyl (C=O) groups excluding carboxylic acids is 1. The second-order valence-electron chi connectivity index (χ2n) is 11.8. The standard InChI is InChI=1S/C37H40ClN5OS/c38-34-27-35(42-20-17-31(18-21-42)26-30-10-5-2-6-11-30)40-37(39-34)45-28-32-13-15-33(16-14-32)36(44)43-24-22-41(23-25-43)19-7-12-29-8-3-1-4-9-29/h1-16,27,31H,17-26,28H2/b12-7+. The quantitative estimate of drug-likeness (QED) is 0.103. The second-order valence-corrected chi connectivity index (χ2v) is 13.2. The second kappa shape index (κ2) is 15.6. The third-order valence-corrected chi connectivity index (χ3v) is 9.78. The van der Waals surface area contributed by atoms with Crippen molar-refractivity contribution in [2.75, 3.05) is 50.7 Å². The molecule has 0 spiro atoms. The molecular weight excluding hydrogens is 598 g/mol. The minimum atomic E-state index is 0.101. The molecule has 3 aromatic carbocycles. The molecule has 0 saturated carbocycles. The summed E-state index contributed by atoms with van der Waals surface area (Å²) in [7, 11) is 0. The van der Waals surface area contributed by atoms with Crippen LogP contribution in [0, 0.1) is 5.92 Å². The predicted octanol–water partition coefficient (Wildman–Crippen LogP) is 7.35. The summed E-state index contributed by atoms with van der Waals surface area (Å²) in [5, 5.41) is 1.16. The van der Waals surface area contributed by atoms with E-state index in [0.29, 0.717) is 22.0 Å². The summed E-state index contributed by atoms with van der Waals surface area (Å²) in [6, 6.07) is 30.9. The van der Waals surface area contributed by atoms with Gasteiger partial charge in [-0.1, -0.05) is 108 Å². The largest absolute Gasteiger partial charge is 0.356 e. The zero-order chi connectivity index (χ0) is 30.8. The molecular formula is C37H40ClN5OS. The number of anilines is 1. The Morgan fingerprint density at radius 3 is 2.22 bits per heavy atom. The van der Waals surface area contributed by atoms with Gasteiger partial charge in [0.2, 0.25) is 0 Å². The molecule has 232 valence electrons. The van der Waals surface area contributed by atoms with Gasteiger partial charge in [-0.2, -0.15) is 0 Å². The lowest BCUT2D eigenvalue weighted by Crippen LogP contribution is -2.48. The van der Waals surface area contributed by atoms with E-state index in [1.165, 1.54) is 11.1 Å². The lowest BCUT2D eigenvalue weighted by molar-refractivity contribution is 0.0650. The van der Waals surface area contributed by atoms with Gasteiger partial charge in [0.05, 0.1) is 0 Å². The van der Waals surface area contributed by atoms with E-state index in [0.717, 1.165) is 82.0 Å². The fourth-order valence-electron chi connectivity index (χ4n) is 6.04. The summed E-state index contributed by atoms with van der Waals surface area (Å²) in [5.74, 6) is 2.41. The lowest BCUT2D eigenvalue weighted by Gasteiger charge is -2.34. The number of rotatable bonds is 10. The normalized spacial score (nSPS) is 16.4. The Balaban J connectivity index is 0.957. The van der Waals surface area contributed by atoms with Gasteiger partial charge in [0.15, 0.2) is 5.16 Å². The summed E-state index contributed by atoms with van der Waals surface area (Å²) in [5.41, 5.74) is 4.48. The zero-order valence-corrected chi connectivity index (χ0v) is 27.2. The number of hydrogen-bond acceptors (Lipinski definition) is 6. The van der Waals surface area contributed by atoms with Crippen molar-refractivity contribution < 1.29 is 4.79 Å². The van der Waals surface area contributed by atoms with E-state index in [1.807, 2.05) is 41.3 Å². The van der Waals surface area contributed by atoms with Gasteiger partial charge in [-0.15, -0.1) is 0 Å². The van der Waals surface area contributed by atoms with Crippen LogP contribution in [0.25, 0.3) is 6.08 Å². The highest BCUT2D eigenvalue weighted by atomic mass is 35.5. The van der Waals surface area contributed by atoms with Crippen LogP contribution in [0.2, 0.25) is 5.15 Å². The van der Waals surface area contributed by atoms with Crippen LogP contribution >= 0.6 is 23.4 Å². The minimum absolute atomic E-state index is 0.101. The molecule has 6 nitrogen and oxygen atoms in total. The van der Waals surface area contributed by atoms with Gasteiger partial charge in [-0.05, 0) is 54.0 Å². The Morgan fingerprint density at radius 2 is 1.51 bits per heavy atom. The Bertz CT molecular complexity index is 1550. The molecule has 0 bridgehead atoms. The molecule has 0 radical (unpaired) electrons. The third-order valence-electron chi connectivity index (χ3n) is 8.67. The first-order chi connectivity index (χ1) is 22.1. The smallest absolute Gasteiger partial charge is 0.253 e. The molecule has 6 rings (SSSR count). The summed E-state index contributed by atoms with van der Waals surface area (Å²) in [6.45, 7) is 6.10. The molecule has 45 heavy (non-hydrogen) atoms. The van der Waals surface area contributed by atoms with E-state index < -0.39 is 0 Å². The fraction of sp³-hybridized carbons (Fsp3) is 0.324. The number of carbonyl (C=O) groups is 1. The fourth-order valence-corrected chi connectivity index (χ4v) is 7.07. The van der Waals surface area contributed by atoms with Crippen molar-refractivity contribution in [1.82, 2.24) is 19.8 Å². The van der Waals surface area contributed by atoms with Crippen LogP contribution in [0.3, 0.4) is 0 Å².